The van der Waals surface area contributed by atoms with E-state index in [0.29, 0.717) is 48.2 Å². The Hall–Kier alpha value is -2.86. The zero-order valence-corrected chi connectivity index (χ0v) is 21.3. The molecule has 186 valence electrons. The highest BCUT2D eigenvalue weighted by atomic mass is 35.5. The minimum absolute atomic E-state index is 0.0593. The third-order valence-corrected chi connectivity index (χ3v) is 7.64. The maximum Gasteiger partial charge on any atom is 0.254 e. The van der Waals surface area contributed by atoms with Crippen molar-refractivity contribution in [2.45, 2.75) is 37.3 Å². The van der Waals surface area contributed by atoms with Gasteiger partial charge in [0, 0.05) is 41.4 Å². The van der Waals surface area contributed by atoms with E-state index in [-0.39, 0.29) is 17.9 Å². The van der Waals surface area contributed by atoms with Gasteiger partial charge in [-0.15, -0.1) is 0 Å². The van der Waals surface area contributed by atoms with Crippen LogP contribution in [0.2, 0.25) is 10.0 Å². The number of amides is 2. The average molecular weight is 523 g/mol. The molecule has 5 rings (SSSR count). The van der Waals surface area contributed by atoms with Crippen LogP contribution in [0.5, 0.6) is 0 Å². The molecule has 7 heteroatoms. The van der Waals surface area contributed by atoms with Crippen molar-refractivity contribution >= 4 is 35.0 Å². The van der Waals surface area contributed by atoms with Crippen molar-refractivity contribution in [1.82, 2.24) is 10.2 Å². The molecule has 3 aromatic rings. The Morgan fingerprint density at radius 1 is 0.944 bits per heavy atom. The standard InChI is InChI=1S/C29H28Cl2N2O3/c30-20-10-11-24(25(31)18-20)27-26(28(34)32-15-12-19-6-2-1-3-7-19)22-8-4-5-9-23(22)29(35)33(27)21-13-16-36-17-14-21/h1-11,18,21,26-27H,12-17H2,(H,32,34)/t26-,27+/m1/s1. The van der Waals surface area contributed by atoms with Gasteiger partial charge in [0.1, 0.15) is 0 Å². The second kappa shape index (κ2) is 11.0. The summed E-state index contributed by atoms with van der Waals surface area (Å²) < 4.78 is 5.58. The first kappa shape index (κ1) is 24.8. The summed E-state index contributed by atoms with van der Waals surface area (Å²) in [6.07, 6.45) is 2.13. The van der Waals surface area contributed by atoms with E-state index in [9.17, 15) is 9.59 Å². The molecule has 2 aliphatic heterocycles. The topological polar surface area (TPSA) is 58.6 Å². The van der Waals surface area contributed by atoms with E-state index < -0.39 is 12.0 Å². The molecule has 0 aromatic heterocycles. The van der Waals surface area contributed by atoms with Crippen LogP contribution in [0.4, 0.5) is 0 Å². The van der Waals surface area contributed by atoms with Gasteiger partial charge in [0.25, 0.3) is 5.91 Å². The molecule has 2 aliphatic rings. The van der Waals surface area contributed by atoms with E-state index in [4.69, 9.17) is 27.9 Å². The summed E-state index contributed by atoms with van der Waals surface area (Å²) in [4.78, 5) is 29.7. The van der Waals surface area contributed by atoms with Gasteiger partial charge in [0.2, 0.25) is 5.91 Å². The quantitative estimate of drug-likeness (QED) is 0.444. The molecular formula is C29H28Cl2N2O3. The lowest BCUT2D eigenvalue weighted by Gasteiger charge is -2.46. The number of carbonyl (C=O) groups is 2. The largest absolute Gasteiger partial charge is 0.381 e. The fourth-order valence-corrected chi connectivity index (χ4v) is 5.88. The SMILES string of the molecule is O=C(NCCc1ccccc1)[C@@H]1c2ccccc2C(=O)N(C2CCOCC2)[C@H]1c1ccc(Cl)cc1Cl. The van der Waals surface area contributed by atoms with Crippen molar-refractivity contribution in [2.24, 2.45) is 0 Å². The smallest absolute Gasteiger partial charge is 0.254 e. The van der Waals surface area contributed by atoms with Crippen LogP contribution < -0.4 is 5.32 Å². The Morgan fingerprint density at radius 3 is 2.42 bits per heavy atom. The van der Waals surface area contributed by atoms with E-state index in [2.05, 4.69) is 5.32 Å². The second-order valence-electron chi connectivity index (χ2n) is 9.26. The van der Waals surface area contributed by atoms with Crippen LogP contribution in [0.15, 0.2) is 72.8 Å². The van der Waals surface area contributed by atoms with Crippen LogP contribution in [0, 0.1) is 0 Å². The third kappa shape index (κ3) is 5.01. The van der Waals surface area contributed by atoms with E-state index in [0.717, 1.165) is 23.1 Å². The van der Waals surface area contributed by atoms with Gasteiger partial charge in [-0.1, -0.05) is 77.8 Å². The predicted molar refractivity (Wildman–Crippen MR) is 142 cm³/mol. The predicted octanol–water partition coefficient (Wildman–Crippen LogP) is 5.81. The summed E-state index contributed by atoms with van der Waals surface area (Å²) in [5.74, 6) is -0.822. The first-order chi connectivity index (χ1) is 17.5. The van der Waals surface area contributed by atoms with E-state index in [1.54, 1.807) is 12.1 Å². The van der Waals surface area contributed by atoms with Crippen molar-refractivity contribution in [2.75, 3.05) is 19.8 Å². The first-order valence-electron chi connectivity index (χ1n) is 12.3. The fourth-order valence-electron chi connectivity index (χ4n) is 5.36. The Balaban J connectivity index is 1.55. The highest BCUT2D eigenvalue weighted by Crippen LogP contribution is 2.47. The van der Waals surface area contributed by atoms with Crippen LogP contribution >= 0.6 is 23.2 Å². The molecule has 36 heavy (non-hydrogen) atoms. The average Bonchev–Trinajstić information content (AvgIpc) is 2.90. The molecule has 3 aromatic carbocycles. The monoisotopic (exact) mass is 522 g/mol. The molecule has 1 N–H and O–H groups in total. The Kier molecular flexibility index (Phi) is 7.61. The number of rotatable bonds is 6. The Labute approximate surface area is 221 Å². The first-order valence-corrected chi connectivity index (χ1v) is 13.1. The van der Waals surface area contributed by atoms with Gasteiger partial charge in [-0.05, 0) is 54.2 Å². The van der Waals surface area contributed by atoms with Gasteiger partial charge >= 0.3 is 0 Å². The lowest BCUT2D eigenvalue weighted by Crippen LogP contribution is -2.53. The minimum Gasteiger partial charge on any atom is -0.381 e. The molecule has 2 atom stereocenters. The number of halogens is 2. The van der Waals surface area contributed by atoms with Crippen molar-refractivity contribution in [1.29, 1.82) is 0 Å². The molecule has 0 radical (unpaired) electrons. The summed E-state index contributed by atoms with van der Waals surface area (Å²) in [6, 6.07) is 22.1. The van der Waals surface area contributed by atoms with Gasteiger partial charge < -0.3 is 15.0 Å². The minimum atomic E-state index is -0.615. The van der Waals surface area contributed by atoms with E-state index in [1.807, 2.05) is 65.6 Å². The highest BCUT2D eigenvalue weighted by Gasteiger charge is 2.47. The van der Waals surface area contributed by atoms with Gasteiger partial charge in [0.15, 0.2) is 0 Å². The second-order valence-corrected chi connectivity index (χ2v) is 10.1. The van der Waals surface area contributed by atoms with Crippen molar-refractivity contribution in [3.05, 3.63) is 105 Å². The number of nitrogens with one attached hydrogen (secondary N) is 1. The van der Waals surface area contributed by atoms with Crippen LogP contribution in [0.25, 0.3) is 0 Å². The molecule has 0 unspecified atom stereocenters. The van der Waals surface area contributed by atoms with Crippen LogP contribution in [-0.2, 0) is 16.0 Å². The normalized spacial score (nSPS) is 20.2. The molecule has 1 saturated heterocycles. The van der Waals surface area contributed by atoms with Crippen molar-refractivity contribution in [3.63, 3.8) is 0 Å². The maximum atomic E-state index is 13.9. The van der Waals surface area contributed by atoms with Gasteiger partial charge in [-0.25, -0.2) is 0 Å². The summed E-state index contributed by atoms with van der Waals surface area (Å²) in [5.41, 5.74) is 3.16. The summed E-state index contributed by atoms with van der Waals surface area (Å²) in [7, 11) is 0. The third-order valence-electron chi connectivity index (χ3n) is 7.08. The van der Waals surface area contributed by atoms with Crippen LogP contribution in [-0.4, -0.2) is 42.5 Å². The molecule has 0 spiro atoms. The number of hydrogen-bond donors (Lipinski definition) is 1. The van der Waals surface area contributed by atoms with Crippen LogP contribution in [0.1, 0.15) is 51.8 Å². The molecule has 1 fully saturated rings. The summed E-state index contributed by atoms with van der Waals surface area (Å²) >= 11 is 12.9. The molecule has 2 heterocycles. The summed E-state index contributed by atoms with van der Waals surface area (Å²) in [6.45, 7) is 1.64. The van der Waals surface area contributed by atoms with Gasteiger partial charge in [0.05, 0.1) is 12.0 Å². The maximum absolute atomic E-state index is 13.9. The lowest BCUT2D eigenvalue weighted by atomic mass is 9.77. The zero-order chi connectivity index (χ0) is 25.1. The molecule has 0 aliphatic carbocycles. The molecule has 0 bridgehead atoms. The number of nitrogens with zero attached hydrogens (tertiary/aromatic N) is 1. The number of carbonyl (C=O) groups excluding carboxylic acids is 2. The molecular weight excluding hydrogens is 495 g/mol. The Bertz CT molecular complexity index is 1240. The molecule has 0 saturated carbocycles. The highest BCUT2D eigenvalue weighted by molar-refractivity contribution is 6.35. The number of fused-ring (bicyclic) bond motifs is 1. The van der Waals surface area contributed by atoms with Crippen molar-refractivity contribution < 1.29 is 14.3 Å². The van der Waals surface area contributed by atoms with Gasteiger partial charge in [-0.2, -0.15) is 0 Å². The van der Waals surface area contributed by atoms with E-state index >= 15 is 0 Å². The zero-order valence-electron chi connectivity index (χ0n) is 19.8. The fraction of sp³-hybridized carbons (Fsp3) is 0.310. The van der Waals surface area contributed by atoms with Crippen molar-refractivity contribution in [3.8, 4) is 0 Å². The molecule has 5 nitrogen and oxygen atoms in total. The van der Waals surface area contributed by atoms with Crippen LogP contribution in [0.3, 0.4) is 0 Å². The van der Waals surface area contributed by atoms with Gasteiger partial charge in [-0.3, -0.25) is 9.59 Å². The molecule has 2 amide bonds. The van der Waals surface area contributed by atoms with E-state index in [1.165, 1.54) is 0 Å². The number of ether oxygens (including phenoxy) is 1. The Morgan fingerprint density at radius 2 is 1.67 bits per heavy atom. The number of hydrogen-bond acceptors (Lipinski definition) is 3. The summed E-state index contributed by atoms with van der Waals surface area (Å²) in [5, 5.41) is 4.09. The number of benzene rings is 3. The lowest BCUT2D eigenvalue weighted by molar-refractivity contribution is -0.124.